The zero-order valence-electron chi connectivity index (χ0n) is 13.8. The maximum Gasteiger partial charge on any atom is 0.119 e. The molecule has 2 unspecified atom stereocenters. The third-order valence-electron chi connectivity index (χ3n) is 4.39. The van der Waals surface area contributed by atoms with Crippen LogP contribution in [-0.2, 0) is 0 Å². The van der Waals surface area contributed by atoms with Gasteiger partial charge in [0.15, 0.2) is 0 Å². The average Bonchev–Trinajstić information content (AvgIpc) is 2.70. The van der Waals surface area contributed by atoms with Crippen molar-refractivity contribution >= 4 is 12.6 Å². The van der Waals surface area contributed by atoms with Gasteiger partial charge in [0.25, 0.3) is 0 Å². The van der Waals surface area contributed by atoms with Gasteiger partial charge >= 0.3 is 0 Å². The monoisotopic (exact) mass is 301 g/mol. The maximum absolute atomic E-state index is 4.58. The van der Waals surface area contributed by atoms with Crippen LogP contribution in [0.1, 0.15) is 78.1 Å². The van der Waals surface area contributed by atoms with E-state index in [1.165, 1.54) is 64.2 Å². The number of hydrogen-bond acceptors (Lipinski definition) is 4. The van der Waals surface area contributed by atoms with Crippen LogP contribution in [0, 0.1) is 0 Å². The Morgan fingerprint density at radius 1 is 0.900 bits per heavy atom. The highest BCUT2D eigenvalue weighted by Crippen LogP contribution is 2.22. The standard InChI is InChI=1S/C16H35N3S/c1-4-6-7-8-9-10-11-12-13-14-15-18(3)17-16(20)19(15)5-2/h15-17,20H,4-14H2,1-3H3. The van der Waals surface area contributed by atoms with E-state index in [0.29, 0.717) is 6.17 Å². The molecule has 20 heavy (non-hydrogen) atoms. The molecule has 1 fully saturated rings. The van der Waals surface area contributed by atoms with Gasteiger partial charge in [-0.15, -0.1) is 12.6 Å². The van der Waals surface area contributed by atoms with Gasteiger partial charge < -0.3 is 0 Å². The second-order valence-corrected chi connectivity index (χ2v) is 6.53. The lowest BCUT2D eigenvalue weighted by atomic mass is 10.1. The fraction of sp³-hybridized carbons (Fsp3) is 1.00. The summed E-state index contributed by atoms with van der Waals surface area (Å²) in [4.78, 5) is 2.42. The number of rotatable bonds is 11. The van der Waals surface area contributed by atoms with Gasteiger partial charge in [0.05, 0.1) is 6.17 Å². The first-order chi connectivity index (χ1) is 9.70. The number of hydrazine groups is 1. The van der Waals surface area contributed by atoms with Crippen LogP contribution in [0.5, 0.6) is 0 Å². The maximum atomic E-state index is 4.58. The third kappa shape index (κ3) is 6.33. The number of hydrogen-bond donors (Lipinski definition) is 2. The molecule has 0 aliphatic carbocycles. The van der Waals surface area contributed by atoms with Crippen molar-refractivity contribution in [2.75, 3.05) is 13.6 Å². The molecule has 0 amide bonds. The van der Waals surface area contributed by atoms with Crippen molar-refractivity contribution in [1.82, 2.24) is 15.3 Å². The van der Waals surface area contributed by atoms with Crippen LogP contribution >= 0.6 is 12.6 Å². The molecule has 2 atom stereocenters. The quantitative estimate of drug-likeness (QED) is 0.440. The predicted molar refractivity (Wildman–Crippen MR) is 91.7 cm³/mol. The smallest absolute Gasteiger partial charge is 0.119 e. The van der Waals surface area contributed by atoms with E-state index in [9.17, 15) is 0 Å². The molecule has 0 aromatic carbocycles. The van der Waals surface area contributed by atoms with Crippen LogP contribution in [0.15, 0.2) is 0 Å². The second-order valence-electron chi connectivity index (χ2n) is 6.04. The van der Waals surface area contributed by atoms with E-state index >= 15 is 0 Å². The summed E-state index contributed by atoms with van der Waals surface area (Å²) in [5, 5.41) is 2.23. The SMILES string of the molecule is CCCCCCCCCCCC1N(C)NC(S)N1CC. The Balaban J connectivity index is 2.00. The Labute approximate surface area is 131 Å². The molecule has 120 valence electrons. The zero-order chi connectivity index (χ0) is 14.8. The summed E-state index contributed by atoms with van der Waals surface area (Å²) in [6.07, 6.45) is 14.4. The van der Waals surface area contributed by atoms with Gasteiger partial charge in [-0.1, -0.05) is 71.6 Å². The summed E-state index contributed by atoms with van der Waals surface area (Å²) in [5.74, 6) is 0. The topological polar surface area (TPSA) is 18.5 Å². The lowest BCUT2D eigenvalue weighted by Gasteiger charge is -2.26. The molecule has 1 aliphatic heterocycles. The Morgan fingerprint density at radius 2 is 1.45 bits per heavy atom. The van der Waals surface area contributed by atoms with Crippen molar-refractivity contribution in [1.29, 1.82) is 0 Å². The molecule has 1 heterocycles. The molecule has 1 saturated heterocycles. The highest BCUT2D eigenvalue weighted by molar-refractivity contribution is 7.80. The molecule has 3 nitrogen and oxygen atoms in total. The Kier molecular flexibility index (Phi) is 9.95. The van der Waals surface area contributed by atoms with Gasteiger partial charge in [0, 0.05) is 7.05 Å². The number of unbranched alkanes of at least 4 members (excludes halogenated alkanes) is 8. The summed E-state index contributed by atoms with van der Waals surface area (Å²) in [6, 6.07) is 0. The fourth-order valence-electron chi connectivity index (χ4n) is 3.11. The summed E-state index contributed by atoms with van der Waals surface area (Å²) in [7, 11) is 2.14. The van der Waals surface area contributed by atoms with Crippen LogP contribution in [0.25, 0.3) is 0 Å². The van der Waals surface area contributed by atoms with Crippen LogP contribution in [-0.4, -0.2) is 35.2 Å². The second kappa shape index (κ2) is 10.9. The molecule has 1 N–H and O–H groups in total. The Bertz CT molecular complexity index is 238. The zero-order valence-corrected chi connectivity index (χ0v) is 14.7. The van der Waals surface area contributed by atoms with Crippen molar-refractivity contribution in [3.05, 3.63) is 0 Å². The molecule has 0 aromatic heterocycles. The van der Waals surface area contributed by atoms with Gasteiger partial charge in [-0.05, 0) is 13.0 Å². The number of nitrogens with one attached hydrogen (secondary N) is 1. The number of nitrogens with zero attached hydrogens (tertiary/aromatic N) is 2. The minimum absolute atomic E-state index is 0.188. The third-order valence-corrected chi connectivity index (χ3v) is 4.81. The first kappa shape index (κ1) is 18.3. The number of thiol groups is 1. The minimum atomic E-state index is 0.188. The molecule has 1 aliphatic rings. The summed E-state index contributed by atoms with van der Waals surface area (Å²) < 4.78 is 0. The first-order valence-corrected chi connectivity index (χ1v) is 9.15. The van der Waals surface area contributed by atoms with Crippen molar-refractivity contribution in [3.63, 3.8) is 0 Å². The molecule has 0 saturated carbocycles. The van der Waals surface area contributed by atoms with Crippen molar-refractivity contribution in [3.8, 4) is 0 Å². The van der Waals surface area contributed by atoms with E-state index in [0.717, 1.165) is 6.54 Å². The van der Waals surface area contributed by atoms with Gasteiger partial charge in [-0.25, -0.2) is 10.4 Å². The molecule has 0 aromatic rings. The van der Waals surface area contributed by atoms with Crippen molar-refractivity contribution in [2.24, 2.45) is 0 Å². The molecular weight excluding hydrogens is 266 g/mol. The molecular formula is C16H35N3S. The summed E-state index contributed by atoms with van der Waals surface area (Å²) in [5.41, 5.74) is 3.56. The van der Waals surface area contributed by atoms with Gasteiger partial charge in [0.2, 0.25) is 0 Å². The van der Waals surface area contributed by atoms with E-state index < -0.39 is 0 Å². The predicted octanol–water partition coefficient (Wildman–Crippen LogP) is 4.22. The minimum Gasteiger partial charge on any atom is -0.262 e. The summed E-state index contributed by atoms with van der Waals surface area (Å²) in [6.45, 7) is 5.56. The molecule has 1 rings (SSSR count). The van der Waals surface area contributed by atoms with Crippen molar-refractivity contribution in [2.45, 2.75) is 89.7 Å². The van der Waals surface area contributed by atoms with Crippen LogP contribution in [0.4, 0.5) is 0 Å². The highest BCUT2D eigenvalue weighted by Gasteiger charge is 2.33. The molecule has 4 heteroatoms. The van der Waals surface area contributed by atoms with E-state index in [2.05, 4.69) is 48.9 Å². The van der Waals surface area contributed by atoms with Crippen LogP contribution < -0.4 is 5.43 Å². The lowest BCUT2D eigenvalue weighted by Crippen LogP contribution is -2.38. The van der Waals surface area contributed by atoms with Gasteiger partial charge in [0.1, 0.15) is 5.50 Å². The Hall–Kier alpha value is 0.230. The van der Waals surface area contributed by atoms with E-state index in [-0.39, 0.29) is 5.50 Å². The summed E-state index contributed by atoms with van der Waals surface area (Å²) >= 11 is 4.58. The Morgan fingerprint density at radius 3 is 2.00 bits per heavy atom. The molecule has 0 radical (unpaired) electrons. The average molecular weight is 302 g/mol. The highest BCUT2D eigenvalue weighted by atomic mass is 32.1. The largest absolute Gasteiger partial charge is 0.262 e. The first-order valence-electron chi connectivity index (χ1n) is 8.63. The molecule has 0 bridgehead atoms. The lowest BCUT2D eigenvalue weighted by molar-refractivity contribution is 0.134. The van der Waals surface area contributed by atoms with Crippen LogP contribution in [0.3, 0.4) is 0 Å². The normalized spacial score (nSPS) is 24.6. The fourth-order valence-corrected chi connectivity index (χ4v) is 3.61. The molecule has 0 spiro atoms. The van der Waals surface area contributed by atoms with Crippen LogP contribution in [0.2, 0.25) is 0 Å². The van der Waals surface area contributed by atoms with E-state index in [1.54, 1.807) is 0 Å². The van der Waals surface area contributed by atoms with Gasteiger partial charge in [-0.3, -0.25) is 4.90 Å². The van der Waals surface area contributed by atoms with Crippen molar-refractivity contribution < 1.29 is 0 Å². The van der Waals surface area contributed by atoms with E-state index in [1.807, 2.05) is 0 Å². The van der Waals surface area contributed by atoms with Gasteiger partial charge in [-0.2, -0.15) is 0 Å². The van der Waals surface area contributed by atoms with E-state index in [4.69, 9.17) is 0 Å².